The Morgan fingerprint density at radius 1 is 1.40 bits per heavy atom. The van der Waals surface area contributed by atoms with Crippen LogP contribution in [0.2, 0.25) is 0 Å². The average Bonchev–Trinajstić information content (AvgIpc) is 2.43. The molecule has 0 spiro atoms. The van der Waals surface area contributed by atoms with Crippen LogP contribution < -0.4 is 11.1 Å². The molecule has 1 saturated heterocycles. The number of benzene rings is 1. The highest BCUT2D eigenvalue weighted by Crippen LogP contribution is 2.16. The molecule has 0 radical (unpaired) electrons. The molecule has 0 aliphatic carbocycles. The Kier molecular flexibility index (Phi) is 4.14. The van der Waals surface area contributed by atoms with Crippen molar-refractivity contribution in [1.29, 1.82) is 0 Å². The van der Waals surface area contributed by atoms with Gasteiger partial charge in [0.25, 0.3) is 0 Å². The maximum absolute atomic E-state index is 13.4. The lowest BCUT2D eigenvalue weighted by Gasteiger charge is -2.31. The summed E-state index contributed by atoms with van der Waals surface area (Å²) >= 11 is 0. The largest absolute Gasteiger partial charge is 0.367 e. The number of amides is 3. The number of ether oxygens (including phenoxy) is 1. The van der Waals surface area contributed by atoms with Gasteiger partial charge >= 0.3 is 6.03 Å². The lowest BCUT2D eigenvalue weighted by molar-refractivity contribution is -0.133. The molecule has 1 atom stereocenters. The molecule has 3 N–H and O–H groups in total. The van der Waals surface area contributed by atoms with Crippen LogP contribution in [0, 0.1) is 11.6 Å². The lowest BCUT2D eigenvalue weighted by Crippen LogP contribution is -2.51. The number of carbonyl (C=O) groups excluding carboxylic acids is 2. The van der Waals surface area contributed by atoms with E-state index in [4.69, 9.17) is 10.5 Å². The van der Waals surface area contributed by atoms with E-state index in [0.717, 1.165) is 18.2 Å². The van der Waals surface area contributed by atoms with E-state index < -0.39 is 29.7 Å². The van der Waals surface area contributed by atoms with Gasteiger partial charge in [-0.1, -0.05) is 0 Å². The average molecular weight is 285 g/mol. The van der Waals surface area contributed by atoms with Crippen LogP contribution in [0.1, 0.15) is 0 Å². The number of nitrogens with zero attached hydrogens (tertiary/aromatic N) is 1. The van der Waals surface area contributed by atoms with E-state index in [-0.39, 0.29) is 25.4 Å². The fourth-order valence-electron chi connectivity index (χ4n) is 1.79. The Bertz CT molecular complexity index is 539. The number of hydrogen-bond acceptors (Lipinski definition) is 3. The fourth-order valence-corrected chi connectivity index (χ4v) is 1.79. The highest BCUT2D eigenvalue weighted by atomic mass is 19.1. The molecule has 0 saturated carbocycles. The van der Waals surface area contributed by atoms with Crippen LogP contribution in [-0.4, -0.2) is 42.6 Å². The Hall–Kier alpha value is -2.22. The van der Waals surface area contributed by atoms with Crippen molar-refractivity contribution in [2.75, 3.05) is 25.0 Å². The van der Waals surface area contributed by atoms with Gasteiger partial charge in [-0.2, -0.15) is 0 Å². The molecule has 0 bridgehead atoms. The number of nitrogens with one attached hydrogen (secondary N) is 1. The SMILES string of the molecule is NC(=O)[C@@H]1CN(C(=O)Nc2cc(F)ccc2F)CCO1. The van der Waals surface area contributed by atoms with Gasteiger partial charge in [-0.05, 0) is 12.1 Å². The third-order valence-electron chi connectivity index (χ3n) is 2.84. The summed E-state index contributed by atoms with van der Waals surface area (Å²) in [5, 5.41) is 2.24. The van der Waals surface area contributed by atoms with Gasteiger partial charge in [0.05, 0.1) is 18.8 Å². The first-order valence-corrected chi connectivity index (χ1v) is 5.89. The van der Waals surface area contributed by atoms with Crippen LogP contribution in [0.5, 0.6) is 0 Å². The van der Waals surface area contributed by atoms with Crippen molar-refractivity contribution in [1.82, 2.24) is 4.90 Å². The van der Waals surface area contributed by atoms with Crippen LogP contribution in [0.3, 0.4) is 0 Å². The standard InChI is InChI=1S/C12H13F2N3O3/c13-7-1-2-8(14)9(5-7)16-12(19)17-3-4-20-10(6-17)11(15)18/h1-2,5,10H,3-4,6H2,(H2,15,18)(H,16,19)/t10-/m0/s1. The van der Waals surface area contributed by atoms with Crippen LogP contribution in [-0.2, 0) is 9.53 Å². The zero-order valence-corrected chi connectivity index (χ0v) is 10.4. The topological polar surface area (TPSA) is 84.7 Å². The number of anilines is 1. The summed E-state index contributed by atoms with van der Waals surface area (Å²) in [6.45, 7) is 0.345. The summed E-state index contributed by atoms with van der Waals surface area (Å²) in [5.41, 5.74) is 4.83. The summed E-state index contributed by atoms with van der Waals surface area (Å²) in [4.78, 5) is 24.2. The minimum Gasteiger partial charge on any atom is -0.367 e. The third kappa shape index (κ3) is 3.21. The minimum absolute atomic E-state index is 0.0297. The molecule has 1 aliphatic rings. The van der Waals surface area contributed by atoms with E-state index in [2.05, 4.69) is 5.32 Å². The summed E-state index contributed by atoms with van der Waals surface area (Å²) in [6.07, 6.45) is -0.896. The number of nitrogens with two attached hydrogens (primary N) is 1. The van der Waals surface area contributed by atoms with E-state index in [1.807, 2.05) is 0 Å². The lowest BCUT2D eigenvalue weighted by atomic mass is 10.2. The van der Waals surface area contributed by atoms with Crippen molar-refractivity contribution >= 4 is 17.6 Å². The maximum atomic E-state index is 13.4. The van der Waals surface area contributed by atoms with Gasteiger partial charge in [0.15, 0.2) is 6.10 Å². The molecule has 8 heteroatoms. The van der Waals surface area contributed by atoms with Gasteiger partial charge in [0.1, 0.15) is 11.6 Å². The molecule has 20 heavy (non-hydrogen) atoms. The number of morpholine rings is 1. The zero-order chi connectivity index (χ0) is 14.7. The Morgan fingerprint density at radius 3 is 2.85 bits per heavy atom. The zero-order valence-electron chi connectivity index (χ0n) is 10.4. The molecular weight excluding hydrogens is 272 g/mol. The first-order chi connectivity index (χ1) is 9.47. The van der Waals surface area contributed by atoms with E-state index >= 15 is 0 Å². The Balaban J connectivity index is 2.04. The predicted molar refractivity (Wildman–Crippen MR) is 65.9 cm³/mol. The van der Waals surface area contributed by atoms with Gasteiger partial charge in [-0.3, -0.25) is 4.79 Å². The summed E-state index contributed by atoms with van der Waals surface area (Å²) in [5.74, 6) is -2.10. The summed E-state index contributed by atoms with van der Waals surface area (Å²) < 4.78 is 31.5. The molecule has 1 aromatic carbocycles. The van der Waals surface area contributed by atoms with Gasteiger partial charge in [-0.25, -0.2) is 13.6 Å². The van der Waals surface area contributed by atoms with Gasteiger partial charge in [0, 0.05) is 12.6 Å². The van der Waals surface area contributed by atoms with Crippen LogP contribution in [0.25, 0.3) is 0 Å². The minimum atomic E-state index is -0.896. The molecule has 1 aliphatic heterocycles. The fraction of sp³-hybridized carbons (Fsp3) is 0.333. The quantitative estimate of drug-likeness (QED) is 0.838. The van der Waals surface area contributed by atoms with E-state index in [9.17, 15) is 18.4 Å². The Morgan fingerprint density at radius 2 is 2.15 bits per heavy atom. The summed E-state index contributed by atoms with van der Waals surface area (Å²) in [6, 6.07) is 2.09. The monoisotopic (exact) mass is 285 g/mol. The molecular formula is C12H13F2N3O3. The van der Waals surface area contributed by atoms with Gasteiger partial charge < -0.3 is 20.7 Å². The van der Waals surface area contributed by atoms with Crippen LogP contribution in [0.15, 0.2) is 18.2 Å². The molecule has 1 aromatic rings. The molecule has 6 nitrogen and oxygen atoms in total. The smallest absolute Gasteiger partial charge is 0.322 e. The van der Waals surface area contributed by atoms with E-state index in [1.165, 1.54) is 4.90 Å². The summed E-state index contributed by atoms with van der Waals surface area (Å²) in [7, 11) is 0. The van der Waals surface area contributed by atoms with Crippen molar-refractivity contribution in [3.63, 3.8) is 0 Å². The molecule has 1 heterocycles. The number of rotatable bonds is 2. The van der Waals surface area contributed by atoms with Crippen molar-refractivity contribution < 1.29 is 23.1 Å². The molecule has 2 rings (SSSR count). The van der Waals surface area contributed by atoms with Gasteiger partial charge in [0.2, 0.25) is 5.91 Å². The maximum Gasteiger partial charge on any atom is 0.322 e. The van der Waals surface area contributed by atoms with Crippen molar-refractivity contribution in [2.24, 2.45) is 5.73 Å². The van der Waals surface area contributed by atoms with Gasteiger partial charge in [-0.15, -0.1) is 0 Å². The van der Waals surface area contributed by atoms with Crippen molar-refractivity contribution in [3.8, 4) is 0 Å². The third-order valence-corrected chi connectivity index (χ3v) is 2.84. The molecule has 3 amide bonds. The Labute approximate surface area is 113 Å². The predicted octanol–water partition coefficient (Wildman–Crippen LogP) is 0.683. The van der Waals surface area contributed by atoms with Crippen molar-refractivity contribution in [2.45, 2.75) is 6.10 Å². The highest BCUT2D eigenvalue weighted by Gasteiger charge is 2.28. The number of halogens is 2. The van der Waals surface area contributed by atoms with Crippen LogP contribution >= 0.6 is 0 Å². The van der Waals surface area contributed by atoms with Crippen molar-refractivity contribution in [3.05, 3.63) is 29.8 Å². The number of primary amides is 1. The second-order valence-electron chi connectivity index (χ2n) is 4.26. The molecule has 108 valence electrons. The first-order valence-electron chi connectivity index (χ1n) is 5.89. The number of carbonyl (C=O) groups is 2. The molecule has 0 unspecified atom stereocenters. The molecule has 0 aromatic heterocycles. The molecule has 1 fully saturated rings. The first kappa shape index (κ1) is 14.2. The number of urea groups is 1. The van der Waals surface area contributed by atoms with E-state index in [0.29, 0.717) is 0 Å². The highest BCUT2D eigenvalue weighted by molar-refractivity contribution is 5.90. The second-order valence-corrected chi connectivity index (χ2v) is 4.26. The van der Waals surface area contributed by atoms with E-state index in [1.54, 1.807) is 0 Å². The second kappa shape index (κ2) is 5.83. The number of hydrogen-bond donors (Lipinski definition) is 2. The normalized spacial score (nSPS) is 18.7. The van der Waals surface area contributed by atoms with Crippen LogP contribution in [0.4, 0.5) is 19.3 Å².